The van der Waals surface area contributed by atoms with Crippen LogP contribution in [0.1, 0.15) is 24.0 Å². The smallest absolute Gasteiger partial charge is 0.261 e. The summed E-state index contributed by atoms with van der Waals surface area (Å²) in [5.41, 5.74) is 3.28. The van der Waals surface area contributed by atoms with Crippen LogP contribution in [-0.2, 0) is 21.4 Å². The van der Waals surface area contributed by atoms with Gasteiger partial charge in [0.25, 0.3) is 10.0 Å². The van der Waals surface area contributed by atoms with Crippen LogP contribution < -0.4 is 14.9 Å². The average Bonchev–Trinajstić information content (AvgIpc) is 3.38. The maximum Gasteiger partial charge on any atom is 0.261 e. The summed E-state index contributed by atoms with van der Waals surface area (Å²) in [6.45, 7) is 2.64. The first-order valence-corrected chi connectivity index (χ1v) is 12.9. The standard InChI is InChI=1S/C26H26ClN3O3S/c27-24-5-1-2-6-25(24)29-34(32,33)23-14-9-20(10-15-23)11-16-26(31)28-19-21-7-12-22(13-8-21)30-17-3-4-18-30/h1-2,5-16,29H,3-4,17-19H2,(H,28,31). The molecule has 0 bridgehead atoms. The number of rotatable bonds is 8. The molecule has 0 radical (unpaired) electrons. The maximum atomic E-state index is 12.6. The van der Waals surface area contributed by atoms with Gasteiger partial charge in [0.1, 0.15) is 0 Å². The van der Waals surface area contributed by atoms with Gasteiger partial charge in [-0.3, -0.25) is 9.52 Å². The first kappa shape index (κ1) is 23.9. The van der Waals surface area contributed by atoms with Crippen molar-refractivity contribution < 1.29 is 13.2 Å². The predicted molar refractivity (Wildman–Crippen MR) is 137 cm³/mol. The van der Waals surface area contributed by atoms with Crippen molar-refractivity contribution in [1.82, 2.24) is 5.32 Å². The number of carbonyl (C=O) groups excluding carboxylic acids is 1. The highest BCUT2D eigenvalue weighted by molar-refractivity contribution is 7.92. The second-order valence-electron chi connectivity index (χ2n) is 8.07. The minimum Gasteiger partial charge on any atom is -0.372 e. The number of sulfonamides is 1. The van der Waals surface area contributed by atoms with E-state index < -0.39 is 10.0 Å². The Morgan fingerprint density at radius 2 is 1.62 bits per heavy atom. The number of amides is 1. The second-order valence-corrected chi connectivity index (χ2v) is 10.2. The Hall–Kier alpha value is -3.29. The lowest BCUT2D eigenvalue weighted by atomic mass is 10.2. The highest BCUT2D eigenvalue weighted by Gasteiger charge is 2.15. The summed E-state index contributed by atoms with van der Waals surface area (Å²) in [7, 11) is -3.77. The van der Waals surface area contributed by atoms with E-state index in [4.69, 9.17) is 11.6 Å². The first-order chi connectivity index (χ1) is 16.4. The van der Waals surface area contributed by atoms with Gasteiger partial charge in [0, 0.05) is 31.4 Å². The van der Waals surface area contributed by atoms with Gasteiger partial charge in [-0.15, -0.1) is 0 Å². The zero-order valence-electron chi connectivity index (χ0n) is 18.6. The van der Waals surface area contributed by atoms with Crippen molar-refractivity contribution in [1.29, 1.82) is 0 Å². The second kappa shape index (κ2) is 10.8. The fourth-order valence-corrected chi connectivity index (χ4v) is 5.04. The molecule has 2 N–H and O–H groups in total. The molecule has 1 aliphatic heterocycles. The normalized spacial score (nSPS) is 13.9. The van der Waals surface area contributed by atoms with Crippen LogP contribution in [0, 0.1) is 0 Å². The van der Waals surface area contributed by atoms with Gasteiger partial charge in [-0.25, -0.2) is 8.42 Å². The Morgan fingerprint density at radius 1 is 0.941 bits per heavy atom. The van der Waals surface area contributed by atoms with Crippen LogP contribution in [0.25, 0.3) is 6.08 Å². The van der Waals surface area contributed by atoms with Gasteiger partial charge in [-0.1, -0.05) is 48.0 Å². The van der Waals surface area contributed by atoms with E-state index >= 15 is 0 Å². The van der Waals surface area contributed by atoms with Crippen LogP contribution in [0.15, 0.2) is 83.8 Å². The highest BCUT2D eigenvalue weighted by atomic mass is 35.5. The molecular weight excluding hydrogens is 470 g/mol. The Labute approximate surface area is 205 Å². The molecular formula is C26H26ClN3O3S. The Morgan fingerprint density at radius 3 is 2.29 bits per heavy atom. The summed E-state index contributed by atoms with van der Waals surface area (Å²) in [6.07, 6.45) is 5.55. The minimum atomic E-state index is -3.77. The summed E-state index contributed by atoms with van der Waals surface area (Å²) in [5.74, 6) is -0.222. The Kier molecular flexibility index (Phi) is 7.55. The lowest BCUT2D eigenvalue weighted by molar-refractivity contribution is -0.116. The number of halogens is 1. The number of hydrogen-bond acceptors (Lipinski definition) is 4. The molecule has 1 saturated heterocycles. The Balaban J connectivity index is 1.30. The van der Waals surface area contributed by atoms with Gasteiger partial charge in [0.05, 0.1) is 15.6 Å². The van der Waals surface area contributed by atoms with Gasteiger partial charge in [-0.2, -0.15) is 0 Å². The molecule has 0 aliphatic carbocycles. The van der Waals surface area contributed by atoms with E-state index in [0.29, 0.717) is 22.8 Å². The summed E-state index contributed by atoms with van der Waals surface area (Å²) in [4.78, 5) is 14.7. The monoisotopic (exact) mass is 495 g/mol. The SMILES string of the molecule is O=C(C=Cc1ccc(S(=O)(=O)Nc2ccccc2Cl)cc1)NCc1ccc(N2CCCC2)cc1. The van der Waals surface area contributed by atoms with Gasteiger partial charge < -0.3 is 10.2 Å². The molecule has 4 rings (SSSR count). The van der Waals surface area contributed by atoms with Crippen LogP contribution in [0.4, 0.5) is 11.4 Å². The van der Waals surface area contributed by atoms with Crippen LogP contribution in [0.3, 0.4) is 0 Å². The fraction of sp³-hybridized carbons (Fsp3) is 0.192. The summed E-state index contributed by atoms with van der Waals surface area (Å²) in [6, 6.07) is 21.1. The number of nitrogens with zero attached hydrogens (tertiary/aromatic N) is 1. The van der Waals surface area contributed by atoms with Crippen molar-refractivity contribution in [2.24, 2.45) is 0 Å². The molecule has 0 aromatic heterocycles. The van der Waals surface area contributed by atoms with E-state index in [1.54, 1.807) is 42.5 Å². The van der Waals surface area contributed by atoms with Crippen LogP contribution in [0.5, 0.6) is 0 Å². The summed E-state index contributed by atoms with van der Waals surface area (Å²) in [5, 5.41) is 3.19. The van der Waals surface area contributed by atoms with Crippen molar-refractivity contribution in [3.8, 4) is 0 Å². The first-order valence-electron chi connectivity index (χ1n) is 11.1. The third-order valence-electron chi connectivity index (χ3n) is 5.61. The number of anilines is 2. The lowest BCUT2D eigenvalue weighted by Crippen LogP contribution is -2.20. The molecule has 34 heavy (non-hydrogen) atoms. The number of para-hydroxylation sites is 1. The van der Waals surface area contributed by atoms with E-state index in [-0.39, 0.29) is 10.8 Å². The highest BCUT2D eigenvalue weighted by Crippen LogP contribution is 2.24. The van der Waals surface area contributed by atoms with E-state index in [0.717, 1.165) is 18.7 Å². The van der Waals surface area contributed by atoms with Gasteiger partial charge in [0.15, 0.2) is 0 Å². The molecule has 3 aromatic carbocycles. The summed E-state index contributed by atoms with van der Waals surface area (Å²) >= 11 is 6.04. The number of nitrogens with one attached hydrogen (secondary N) is 2. The average molecular weight is 496 g/mol. The third kappa shape index (κ3) is 6.18. The molecule has 1 amide bonds. The number of hydrogen-bond donors (Lipinski definition) is 2. The van der Waals surface area contributed by atoms with Crippen molar-refractivity contribution in [2.75, 3.05) is 22.7 Å². The lowest BCUT2D eigenvalue weighted by Gasteiger charge is -2.17. The van der Waals surface area contributed by atoms with E-state index in [9.17, 15) is 13.2 Å². The zero-order valence-corrected chi connectivity index (χ0v) is 20.1. The van der Waals surface area contributed by atoms with Crippen molar-refractivity contribution in [2.45, 2.75) is 24.3 Å². The van der Waals surface area contributed by atoms with Crippen molar-refractivity contribution in [3.63, 3.8) is 0 Å². The third-order valence-corrected chi connectivity index (χ3v) is 7.32. The number of carbonyl (C=O) groups is 1. The predicted octanol–water partition coefficient (Wildman–Crippen LogP) is 5.07. The molecule has 1 fully saturated rings. The zero-order chi connectivity index (χ0) is 24.0. The van der Waals surface area contributed by atoms with E-state index in [2.05, 4.69) is 27.1 Å². The van der Waals surface area contributed by atoms with Gasteiger partial charge >= 0.3 is 0 Å². The van der Waals surface area contributed by atoms with E-state index in [1.807, 2.05) is 12.1 Å². The minimum absolute atomic E-state index is 0.103. The van der Waals surface area contributed by atoms with Crippen LogP contribution in [0.2, 0.25) is 5.02 Å². The topological polar surface area (TPSA) is 78.5 Å². The van der Waals surface area contributed by atoms with Gasteiger partial charge in [0.2, 0.25) is 5.91 Å². The summed E-state index contributed by atoms with van der Waals surface area (Å²) < 4.78 is 27.7. The number of benzene rings is 3. The van der Waals surface area contributed by atoms with Crippen LogP contribution in [-0.4, -0.2) is 27.4 Å². The molecule has 1 aliphatic rings. The fourth-order valence-electron chi connectivity index (χ4n) is 3.73. The molecule has 0 unspecified atom stereocenters. The van der Waals surface area contributed by atoms with Crippen LogP contribution >= 0.6 is 11.6 Å². The molecule has 0 atom stereocenters. The molecule has 0 saturated carbocycles. The quantitative estimate of drug-likeness (QED) is 0.428. The molecule has 176 valence electrons. The van der Waals surface area contributed by atoms with Crippen molar-refractivity contribution in [3.05, 3.63) is 95.0 Å². The molecule has 8 heteroatoms. The van der Waals surface area contributed by atoms with E-state index in [1.165, 1.54) is 36.7 Å². The largest absolute Gasteiger partial charge is 0.372 e. The molecule has 0 spiro atoms. The molecule has 6 nitrogen and oxygen atoms in total. The van der Waals surface area contributed by atoms with Gasteiger partial charge in [-0.05, 0) is 66.4 Å². The maximum absolute atomic E-state index is 12.6. The van der Waals surface area contributed by atoms with Crippen molar-refractivity contribution >= 4 is 45.0 Å². The molecule has 1 heterocycles. The molecule has 3 aromatic rings. The Bertz CT molecular complexity index is 1270.